The fourth-order valence-electron chi connectivity index (χ4n) is 1.83. The molecule has 2 N–H and O–H groups in total. The second-order valence-corrected chi connectivity index (χ2v) is 5.36. The van der Waals surface area contributed by atoms with E-state index in [9.17, 15) is 4.79 Å². The molecule has 0 saturated carbocycles. The Hall–Kier alpha value is -1.65. The highest BCUT2D eigenvalue weighted by atomic mass is 79.9. The Bertz CT molecular complexity index is 581. The number of hydrogen-bond donors (Lipinski definition) is 2. The molecule has 104 valence electrons. The molecule has 0 saturated heterocycles. The van der Waals surface area contributed by atoms with Gasteiger partial charge in [0.25, 0.3) is 5.91 Å². The number of carbonyl (C=O) groups excluding carboxylic acids is 1. The van der Waals surface area contributed by atoms with E-state index in [1.807, 2.05) is 36.4 Å². The van der Waals surface area contributed by atoms with E-state index in [4.69, 9.17) is 0 Å². The first-order valence-electron chi connectivity index (χ1n) is 6.55. The van der Waals surface area contributed by atoms with Gasteiger partial charge in [-0.15, -0.1) is 0 Å². The summed E-state index contributed by atoms with van der Waals surface area (Å²) in [6.45, 7) is 3.80. The summed E-state index contributed by atoms with van der Waals surface area (Å²) < 4.78 is 0.960. The van der Waals surface area contributed by atoms with E-state index in [0.29, 0.717) is 5.56 Å². The lowest BCUT2D eigenvalue weighted by Crippen LogP contribution is -2.14. The third-order valence-electron chi connectivity index (χ3n) is 2.87. The van der Waals surface area contributed by atoms with Gasteiger partial charge < -0.3 is 10.6 Å². The van der Waals surface area contributed by atoms with Gasteiger partial charge >= 0.3 is 0 Å². The monoisotopic (exact) mass is 332 g/mol. The van der Waals surface area contributed by atoms with Crippen molar-refractivity contribution in [2.75, 3.05) is 11.9 Å². The lowest BCUT2D eigenvalue weighted by atomic mass is 10.1. The topological polar surface area (TPSA) is 41.1 Å². The van der Waals surface area contributed by atoms with Gasteiger partial charge in [-0.25, -0.2) is 0 Å². The van der Waals surface area contributed by atoms with Gasteiger partial charge in [0.05, 0.1) is 0 Å². The predicted octanol–water partition coefficient (Wildman–Crippen LogP) is 3.81. The molecule has 0 heterocycles. The largest absolute Gasteiger partial charge is 0.322 e. The van der Waals surface area contributed by atoms with E-state index < -0.39 is 0 Å². The fraction of sp³-hybridized carbons (Fsp3) is 0.188. The van der Waals surface area contributed by atoms with Gasteiger partial charge in [-0.1, -0.05) is 35.0 Å². The van der Waals surface area contributed by atoms with E-state index in [-0.39, 0.29) is 5.91 Å². The fourth-order valence-corrected chi connectivity index (χ4v) is 2.10. The summed E-state index contributed by atoms with van der Waals surface area (Å²) in [6, 6.07) is 15.2. The van der Waals surface area contributed by atoms with Crippen LogP contribution in [0.3, 0.4) is 0 Å². The van der Waals surface area contributed by atoms with Crippen molar-refractivity contribution in [3.05, 3.63) is 64.1 Å². The van der Waals surface area contributed by atoms with Crippen LogP contribution in [-0.4, -0.2) is 12.5 Å². The standard InChI is InChI=1S/C16H17BrN2O/c1-2-18-11-12-4-3-5-15(10-12)19-16(20)13-6-8-14(17)9-7-13/h3-10,18H,2,11H2,1H3,(H,19,20). The third-order valence-corrected chi connectivity index (χ3v) is 3.40. The van der Waals surface area contributed by atoms with Gasteiger partial charge in [0.1, 0.15) is 0 Å². The van der Waals surface area contributed by atoms with Crippen molar-refractivity contribution in [2.24, 2.45) is 0 Å². The van der Waals surface area contributed by atoms with Crippen LogP contribution in [0.4, 0.5) is 5.69 Å². The lowest BCUT2D eigenvalue weighted by molar-refractivity contribution is 0.102. The van der Waals surface area contributed by atoms with Crippen LogP contribution >= 0.6 is 15.9 Å². The first kappa shape index (κ1) is 14.8. The average Bonchev–Trinajstić information content (AvgIpc) is 2.46. The van der Waals surface area contributed by atoms with Crippen LogP contribution < -0.4 is 10.6 Å². The molecule has 0 aliphatic rings. The quantitative estimate of drug-likeness (QED) is 0.874. The van der Waals surface area contributed by atoms with Crippen molar-refractivity contribution in [1.29, 1.82) is 0 Å². The molecular weight excluding hydrogens is 316 g/mol. The molecule has 20 heavy (non-hydrogen) atoms. The molecule has 0 aliphatic carbocycles. The summed E-state index contributed by atoms with van der Waals surface area (Å²) >= 11 is 3.36. The normalized spacial score (nSPS) is 10.3. The first-order chi connectivity index (χ1) is 9.69. The Balaban J connectivity index is 2.05. The zero-order valence-corrected chi connectivity index (χ0v) is 12.9. The first-order valence-corrected chi connectivity index (χ1v) is 7.35. The number of benzene rings is 2. The van der Waals surface area contributed by atoms with Crippen LogP contribution in [-0.2, 0) is 6.54 Å². The number of amides is 1. The Kier molecular flexibility index (Phi) is 5.32. The predicted molar refractivity (Wildman–Crippen MR) is 85.9 cm³/mol. The minimum Gasteiger partial charge on any atom is -0.322 e. The molecule has 0 aliphatic heterocycles. The van der Waals surface area contributed by atoms with Crippen LogP contribution in [0.1, 0.15) is 22.8 Å². The molecule has 0 radical (unpaired) electrons. The highest BCUT2D eigenvalue weighted by Gasteiger charge is 2.06. The van der Waals surface area contributed by atoms with E-state index >= 15 is 0 Å². The summed E-state index contributed by atoms with van der Waals surface area (Å²) in [5, 5.41) is 6.18. The third kappa shape index (κ3) is 4.18. The number of halogens is 1. The van der Waals surface area contributed by atoms with E-state index in [1.54, 1.807) is 12.1 Å². The van der Waals surface area contributed by atoms with Crippen LogP contribution in [0.25, 0.3) is 0 Å². The van der Waals surface area contributed by atoms with Gasteiger partial charge in [-0.05, 0) is 48.5 Å². The molecule has 0 fully saturated rings. The summed E-state index contributed by atoms with van der Waals surface area (Å²) in [5.41, 5.74) is 2.61. The number of carbonyl (C=O) groups is 1. The Morgan fingerprint density at radius 1 is 1.15 bits per heavy atom. The minimum absolute atomic E-state index is 0.0990. The summed E-state index contributed by atoms with van der Waals surface area (Å²) in [5.74, 6) is -0.0990. The smallest absolute Gasteiger partial charge is 0.255 e. The summed E-state index contributed by atoms with van der Waals surface area (Å²) in [4.78, 5) is 12.1. The van der Waals surface area contributed by atoms with Gasteiger partial charge in [-0.2, -0.15) is 0 Å². The zero-order valence-electron chi connectivity index (χ0n) is 11.3. The molecule has 0 bridgehead atoms. The van der Waals surface area contributed by atoms with Crippen LogP contribution in [0, 0.1) is 0 Å². The Morgan fingerprint density at radius 3 is 2.60 bits per heavy atom. The minimum atomic E-state index is -0.0990. The molecule has 0 unspecified atom stereocenters. The SMILES string of the molecule is CCNCc1cccc(NC(=O)c2ccc(Br)cc2)c1. The second-order valence-electron chi connectivity index (χ2n) is 4.44. The molecular formula is C16H17BrN2O. The van der Waals surface area contributed by atoms with E-state index in [2.05, 4.69) is 33.5 Å². The number of rotatable bonds is 5. The second kappa shape index (κ2) is 7.22. The maximum absolute atomic E-state index is 12.1. The molecule has 0 atom stereocenters. The summed E-state index contributed by atoms with van der Waals surface area (Å²) in [7, 11) is 0. The van der Waals surface area contributed by atoms with Crippen LogP contribution in [0.15, 0.2) is 53.0 Å². The van der Waals surface area contributed by atoms with Crippen molar-refractivity contribution in [3.8, 4) is 0 Å². The summed E-state index contributed by atoms with van der Waals surface area (Å²) in [6.07, 6.45) is 0. The Morgan fingerprint density at radius 2 is 1.90 bits per heavy atom. The maximum atomic E-state index is 12.1. The van der Waals surface area contributed by atoms with Gasteiger partial charge in [0.2, 0.25) is 0 Å². The van der Waals surface area contributed by atoms with Crippen LogP contribution in [0.2, 0.25) is 0 Å². The lowest BCUT2D eigenvalue weighted by Gasteiger charge is -2.08. The zero-order chi connectivity index (χ0) is 14.4. The molecule has 0 spiro atoms. The van der Waals surface area contributed by atoms with Crippen LogP contribution in [0.5, 0.6) is 0 Å². The number of nitrogens with one attached hydrogen (secondary N) is 2. The van der Waals surface area contributed by atoms with Crippen molar-refractivity contribution in [1.82, 2.24) is 5.32 Å². The van der Waals surface area contributed by atoms with Gasteiger partial charge in [0, 0.05) is 22.3 Å². The van der Waals surface area contributed by atoms with E-state index in [1.165, 1.54) is 0 Å². The number of hydrogen-bond acceptors (Lipinski definition) is 2. The molecule has 2 rings (SSSR count). The molecule has 0 aromatic heterocycles. The van der Waals surface area contributed by atoms with E-state index in [0.717, 1.165) is 28.8 Å². The maximum Gasteiger partial charge on any atom is 0.255 e. The molecule has 2 aromatic rings. The molecule has 1 amide bonds. The number of anilines is 1. The average molecular weight is 333 g/mol. The van der Waals surface area contributed by atoms with Crippen molar-refractivity contribution in [2.45, 2.75) is 13.5 Å². The highest BCUT2D eigenvalue weighted by Crippen LogP contribution is 2.14. The van der Waals surface area contributed by atoms with Crippen molar-refractivity contribution >= 4 is 27.5 Å². The highest BCUT2D eigenvalue weighted by molar-refractivity contribution is 9.10. The van der Waals surface area contributed by atoms with Crippen molar-refractivity contribution < 1.29 is 4.79 Å². The van der Waals surface area contributed by atoms with Gasteiger partial charge in [-0.3, -0.25) is 4.79 Å². The van der Waals surface area contributed by atoms with Gasteiger partial charge in [0.15, 0.2) is 0 Å². The Labute approximate surface area is 127 Å². The molecule has 2 aromatic carbocycles. The van der Waals surface area contributed by atoms with Crippen molar-refractivity contribution in [3.63, 3.8) is 0 Å². The molecule has 4 heteroatoms. The molecule has 3 nitrogen and oxygen atoms in total.